The van der Waals surface area contributed by atoms with Crippen LogP contribution in [0.2, 0.25) is 0 Å². The summed E-state index contributed by atoms with van der Waals surface area (Å²) in [7, 11) is 2.00. The van der Waals surface area contributed by atoms with Gasteiger partial charge < -0.3 is 5.32 Å². The third-order valence-corrected chi connectivity index (χ3v) is 5.97. The van der Waals surface area contributed by atoms with E-state index in [4.69, 9.17) is 4.99 Å². The van der Waals surface area contributed by atoms with Gasteiger partial charge in [0.2, 0.25) is 0 Å². The third kappa shape index (κ3) is 2.45. The molecule has 1 aliphatic carbocycles. The molecule has 24 heavy (non-hydrogen) atoms. The van der Waals surface area contributed by atoms with Crippen LogP contribution in [-0.2, 0) is 11.8 Å². The number of nitrogens with zero attached hydrogens (tertiary/aromatic N) is 2. The van der Waals surface area contributed by atoms with Gasteiger partial charge in [0.1, 0.15) is 5.84 Å². The van der Waals surface area contributed by atoms with Crippen LogP contribution in [0.15, 0.2) is 17.1 Å². The second-order valence-corrected chi connectivity index (χ2v) is 7.31. The van der Waals surface area contributed by atoms with Gasteiger partial charge in [0.25, 0.3) is 0 Å². The van der Waals surface area contributed by atoms with Crippen LogP contribution in [0.5, 0.6) is 0 Å². The molecule has 4 rings (SSSR count). The first-order valence-electron chi connectivity index (χ1n) is 9.42. The van der Waals surface area contributed by atoms with Crippen LogP contribution in [0.3, 0.4) is 0 Å². The number of fused-ring (bicyclic) bond motifs is 2. The van der Waals surface area contributed by atoms with Crippen LogP contribution in [-0.4, -0.2) is 37.4 Å². The molecule has 2 fully saturated rings. The fourth-order valence-electron chi connectivity index (χ4n) is 4.39. The highest BCUT2D eigenvalue weighted by Gasteiger charge is 2.48. The standard InChI is InChI=1S/C21H27N3/c1-3-16-14-18-19(23-20(22-2)21(18)9-7-10-21)15-17(16)8-6-13-24-11-4-5-12-24/h14-15H,3-5,7,9-13H2,1-2H3,(H,22,23). The Hall–Kier alpha value is -1.79. The van der Waals surface area contributed by atoms with E-state index in [1.807, 2.05) is 7.05 Å². The molecule has 0 radical (unpaired) electrons. The number of aliphatic imine (C=N–C) groups is 1. The summed E-state index contributed by atoms with van der Waals surface area (Å²) >= 11 is 0. The molecule has 3 heteroatoms. The Labute approximate surface area is 145 Å². The predicted octanol–water partition coefficient (Wildman–Crippen LogP) is 3.38. The Balaban J connectivity index is 1.64. The quantitative estimate of drug-likeness (QED) is 0.846. The summed E-state index contributed by atoms with van der Waals surface area (Å²) in [6.45, 7) is 5.54. The Kier molecular flexibility index (Phi) is 4.10. The number of likely N-dealkylation sites (N-methyl/N-ethyl adjacent to an activating group) is 1. The van der Waals surface area contributed by atoms with Gasteiger partial charge in [-0.15, -0.1) is 0 Å². The molecule has 2 heterocycles. The summed E-state index contributed by atoms with van der Waals surface area (Å²) in [5.74, 6) is 7.99. The van der Waals surface area contributed by atoms with Crippen molar-refractivity contribution in [3.8, 4) is 11.8 Å². The van der Waals surface area contributed by atoms with Crippen molar-refractivity contribution in [2.45, 2.75) is 50.9 Å². The van der Waals surface area contributed by atoms with E-state index in [9.17, 15) is 0 Å². The average Bonchev–Trinajstić information content (AvgIpc) is 3.18. The van der Waals surface area contributed by atoms with Gasteiger partial charge in [0.05, 0.1) is 17.6 Å². The third-order valence-electron chi connectivity index (χ3n) is 5.97. The molecular formula is C21H27N3. The maximum Gasteiger partial charge on any atom is 0.113 e. The zero-order valence-corrected chi connectivity index (χ0v) is 14.9. The van der Waals surface area contributed by atoms with Crippen molar-refractivity contribution in [2.24, 2.45) is 4.99 Å². The molecule has 126 valence electrons. The van der Waals surface area contributed by atoms with Gasteiger partial charge in [-0.3, -0.25) is 4.90 Å². The van der Waals surface area contributed by atoms with Crippen molar-refractivity contribution in [2.75, 3.05) is 26.7 Å². The van der Waals surface area contributed by atoms with E-state index < -0.39 is 0 Å². The molecule has 0 aromatic heterocycles. The molecule has 0 unspecified atom stereocenters. The normalized spacial score (nSPS) is 21.0. The summed E-state index contributed by atoms with van der Waals surface area (Å²) in [6.07, 6.45) is 7.44. The topological polar surface area (TPSA) is 27.6 Å². The molecule has 1 saturated heterocycles. The Morgan fingerprint density at radius 1 is 1.21 bits per heavy atom. The van der Waals surface area contributed by atoms with Crippen LogP contribution in [0, 0.1) is 11.8 Å². The number of amidine groups is 1. The van der Waals surface area contributed by atoms with Crippen LogP contribution < -0.4 is 5.32 Å². The average molecular weight is 321 g/mol. The van der Waals surface area contributed by atoms with Crippen molar-refractivity contribution in [1.82, 2.24) is 10.2 Å². The van der Waals surface area contributed by atoms with Gasteiger partial charge >= 0.3 is 0 Å². The molecule has 3 nitrogen and oxygen atoms in total. The van der Waals surface area contributed by atoms with Gasteiger partial charge in [-0.05, 0) is 62.4 Å². The van der Waals surface area contributed by atoms with Crippen LogP contribution in [0.4, 0.5) is 5.69 Å². The minimum absolute atomic E-state index is 0.176. The van der Waals surface area contributed by atoms with E-state index >= 15 is 0 Å². The summed E-state index contributed by atoms with van der Waals surface area (Å²) in [5.41, 5.74) is 5.30. The van der Waals surface area contributed by atoms with Crippen LogP contribution >= 0.6 is 0 Å². The SMILES string of the molecule is CCc1cc2c(cc1C#CCN1CCCC1)N=C(NC)C21CCC1. The molecule has 2 aliphatic heterocycles. The van der Waals surface area contributed by atoms with Crippen molar-refractivity contribution >= 4 is 11.5 Å². The van der Waals surface area contributed by atoms with Gasteiger partial charge in [-0.2, -0.15) is 0 Å². The van der Waals surface area contributed by atoms with Crippen molar-refractivity contribution in [1.29, 1.82) is 0 Å². The second-order valence-electron chi connectivity index (χ2n) is 7.31. The van der Waals surface area contributed by atoms with Crippen molar-refractivity contribution in [3.05, 3.63) is 28.8 Å². The lowest BCUT2D eigenvalue weighted by molar-refractivity contribution is 0.340. The number of rotatable bonds is 2. The Bertz CT molecular complexity index is 725. The monoisotopic (exact) mass is 321 g/mol. The number of hydrogen-bond acceptors (Lipinski definition) is 3. The molecule has 0 atom stereocenters. The Morgan fingerprint density at radius 3 is 2.62 bits per heavy atom. The molecule has 3 aliphatic rings. The van der Waals surface area contributed by atoms with Crippen molar-refractivity contribution < 1.29 is 0 Å². The fraction of sp³-hybridized carbons (Fsp3) is 0.571. The highest BCUT2D eigenvalue weighted by atomic mass is 15.1. The summed E-state index contributed by atoms with van der Waals surface area (Å²) < 4.78 is 0. The van der Waals surface area contributed by atoms with Gasteiger partial charge in [-0.25, -0.2) is 4.99 Å². The maximum absolute atomic E-state index is 4.89. The minimum atomic E-state index is 0.176. The molecule has 1 N–H and O–H groups in total. The predicted molar refractivity (Wildman–Crippen MR) is 100 cm³/mol. The molecule has 1 spiro atoms. The molecule has 0 amide bonds. The number of hydrogen-bond donors (Lipinski definition) is 1. The van der Waals surface area contributed by atoms with E-state index in [0.717, 1.165) is 24.5 Å². The van der Waals surface area contributed by atoms with Gasteiger partial charge in [0, 0.05) is 12.6 Å². The smallest absolute Gasteiger partial charge is 0.113 e. The number of aryl methyl sites for hydroxylation is 1. The fourth-order valence-corrected chi connectivity index (χ4v) is 4.39. The first-order valence-corrected chi connectivity index (χ1v) is 9.42. The van der Waals surface area contributed by atoms with Gasteiger partial charge in [-0.1, -0.05) is 31.3 Å². The summed E-state index contributed by atoms with van der Waals surface area (Å²) in [6, 6.07) is 4.62. The molecule has 1 aromatic rings. The molecular weight excluding hydrogens is 294 g/mol. The zero-order valence-electron chi connectivity index (χ0n) is 14.9. The first kappa shape index (κ1) is 15.7. The largest absolute Gasteiger partial charge is 0.376 e. The summed E-state index contributed by atoms with van der Waals surface area (Å²) in [5, 5.41) is 3.35. The van der Waals surface area contributed by atoms with E-state index in [0.29, 0.717) is 0 Å². The first-order chi connectivity index (χ1) is 11.8. The van der Waals surface area contributed by atoms with E-state index in [-0.39, 0.29) is 5.41 Å². The van der Waals surface area contributed by atoms with E-state index in [2.05, 4.69) is 41.1 Å². The van der Waals surface area contributed by atoms with Gasteiger partial charge in [0.15, 0.2) is 0 Å². The summed E-state index contributed by atoms with van der Waals surface area (Å²) in [4.78, 5) is 7.35. The highest BCUT2D eigenvalue weighted by Crippen LogP contribution is 2.52. The molecule has 0 bridgehead atoms. The molecule has 1 aromatic carbocycles. The second kappa shape index (κ2) is 6.26. The molecule has 1 saturated carbocycles. The van der Waals surface area contributed by atoms with Crippen LogP contribution in [0.1, 0.15) is 55.7 Å². The minimum Gasteiger partial charge on any atom is -0.376 e. The van der Waals surface area contributed by atoms with E-state index in [1.165, 1.54) is 61.9 Å². The lowest BCUT2D eigenvalue weighted by Gasteiger charge is -2.40. The number of likely N-dealkylation sites (tertiary alicyclic amines) is 1. The van der Waals surface area contributed by atoms with Crippen LogP contribution in [0.25, 0.3) is 0 Å². The number of benzene rings is 1. The highest BCUT2D eigenvalue weighted by molar-refractivity contribution is 6.01. The van der Waals surface area contributed by atoms with Crippen molar-refractivity contribution in [3.63, 3.8) is 0 Å². The zero-order chi connectivity index (χ0) is 16.6. The van der Waals surface area contributed by atoms with E-state index in [1.54, 1.807) is 0 Å². The Morgan fingerprint density at radius 2 is 2.00 bits per heavy atom. The lowest BCUT2D eigenvalue weighted by Crippen LogP contribution is -2.45. The lowest BCUT2D eigenvalue weighted by atomic mass is 9.64. The maximum atomic E-state index is 4.89. The number of nitrogens with one attached hydrogen (secondary N) is 1.